The van der Waals surface area contributed by atoms with Crippen molar-refractivity contribution in [2.24, 2.45) is 0 Å². The van der Waals surface area contributed by atoms with Crippen molar-refractivity contribution in [3.05, 3.63) is 0 Å². The fraction of sp³-hybridized carbons (Fsp3) is 0. The van der Waals surface area contributed by atoms with Crippen LogP contribution in [-0.4, -0.2) is 72.0 Å². The molecule has 0 aliphatic heterocycles. The third-order valence-electron chi connectivity index (χ3n) is 0. The number of hydrogen-bond donors (Lipinski definition) is 0. The Labute approximate surface area is 81.7 Å². The molecule has 0 aromatic heterocycles. The molecule has 0 fully saturated rings. The van der Waals surface area contributed by atoms with Gasteiger partial charge >= 0.3 is 32.1 Å². The van der Waals surface area contributed by atoms with Crippen molar-refractivity contribution in [2.75, 3.05) is 0 Å². The third-order valence-corrected chi connectivity index (χ3v) is 0. The van der Waals surface area contributed by atoms with Gasteiger partial charge in [0.2, 0.25) is 0 Å². The fourth-order valence-electron chi connectivity index (χ4n) is 0. The molecule has 0 saturated heterocycles. The van der Waals surface area contributed by atoms with Crippen LogP contribution in [0, 0.1) is 0 Å². The first kappa shape index (κ1) is 11.0. The summed E-state index contributed by atoms with van der Waals surface area (Å²) in [7, 11) is 0. The zero-order valence-electron chi connectivity index (χ0n) is 3.01. The molecule has 0 aromatic carbocycles. The number of halogens is 4. The molecular weight excluding hydrogens is 234 g/mol. The van der Waals surface area contributed by atoms with Gasteiger partial charge in [0.05, 0.1) is 0 Å². The van der Waals surface area contributed by atoms with Gasteiger partial charge in [-0.3, -0.25) is 0 Å². The summed E-state index contributed by atoms with van der Waals surface area (Å²) in [5.74, 6) is 0. The molecule has 0 aliphatic carbocycles. The van der Waals surface area contributed by atoms with Crippen molar-refractivity contribution in [2.45, 2.75) is 0 Å². The molecule has 0 aromatic rings. The minimum Gasteiger partial charge on any atom is 0 e. The molecule has 0 atom stereocenters. The molecule has 6 heteroatoms. The molecule has 33 valence electrons. The van der Waals surface area contributed by atoms with Gasteiger partial charge in [-0.05, 0) is 0 Å². The van der Waals surface area contributed by atoms with E-state index in [-0.39, 0.29) is 51.4 Å². The van der Waals surface area contributed by atoms with E-state index in [1.165, 1.54) is 0 Å². The topological polar surface area (TPSA) is 0 Å². The van der Waals surface area contributed by atoms with E-state index in [1.54, 1.807) is 0 Å². The smallest absolute Gasteiger partial charge is 0 e. The monoisotopic (exact) mass is 235 g/mol. The van der Waals surface area contributed by atoms with Gasteiger partial charge in [0.1, 0.15) is 0 Å². The van der Waals surface area contributed by atoms with Gasteiger partial charge in [-0.2, -0.15) is 0 Å². The molecule has 0 amide bonds. The molecule has 0 nitrogen and oxygen atoms in total. The molecule has 0 rings (SSSR count). The molecule has 0 N–H and O–H groups in total. The van der Waals surface area contributed by atoms with E-state index < -0.39 is 20.7 Å². The summed E-state index contributed by atoms with van der Waals surface area (Å²) >= 11 is -7.18. The Balaban J connectivity index is 0. The molecule has 0 spiro atoms. The molecular formula is F4KSn. The van der Waals surface area contributed by atoms with Crippen LogP contribution in [0.3, 0.4) is 0 Å². The fourth-order valence-corrected chi connectivity index (χ4v) is 0. The van der Waals surface area contributed by atoms with E-state index in [0.717, 1.165) is 0 Å². The zero-order valence-corrected chi connectivity index (χ0v) is 8.99. The Morgan fingerprint density at radius 2 is 0.833 bits per heavy atom. The van der Waals surface area contributed by atoms with Gasteiger partial charge in [-0.1, -0.05) is 0 Å². The second-order valence-corrected chi connectivity index (χ2v) is 2.87. The second kappa shape index (κ2) is 4.08. The van der Waals surface area contributed by atoms with Crippen molar-refractivity contribution in [3.8, 4) is 0 Å². The Bertz CT molecular complexity index is 23.0. The molecule has 1 radical (unpaired) electrons. The van der Waals surface area contributed by atoms with Crippen molar-refractivity contribution >= 4 is 72.0 Å². The van der Waals surface area contributed by atoms with Gasteiger partial charge in [0.25, 0.3) is 0 Å². The van der Waals surface area contributed by atoms with E-state index in [4.69, 9.17) is 0 Å². The van der Waals surface area contributed by atoms with Gasteiger partial charge in [-0.15, -0.1) is 0 Å². The molecule has 0 unspecified atom stereocenters. The Morgan fingerprint density at radius 3 is 0.833 bits per heavy atom. The van der Waals surface area contributed by atoms with Crippen molar-refractivity contribution < 1.29 is 11.5 Å². The summed E-state index contributed by atoms with van der Waals surface area (Å²) in [6.45, 7) is 0. The summed E-state index contributed by atoms with van der Waals surface area (Å²) in [6, 6.07) is 0. The molecule has 0 bridgehead atoms. The maximum Gasteiger partial charge on any atom is 0 e. The standard InChI is InChI=1S/4FH.K.Sn/h4*1H;;/q;;;;;+4/p-4. The first-order chi connectivity index (χ1) is 2.00. The maximum atomic E-state index is 9.90. The zero-order chi connectivity index (χ0) is 4.50. The van der Waals surface area contributed by atoms with E-state index in [1.807, 2.05) is 0 Å². The largest absolute Gasteiger partial charge is 0 e. The predicted octanol–water partition coefficient (Wildman–Crippen LogP) is 0.919. The molecule has 0 heterocycles. The normalized spacial score (nSPS) is 10.0. The van der Waals surface area contributed by atoms with Crippen molar-refractivity contribution in [1.29, 1.82) is 0 Å². The summed E-state index contributed by atoms with van der Waals surface area (Å²) < 4.78 is 39.6. The first-order valence-electron chi connectivity index (χ1n) is 0.756. The first-order valence-corrected chi connectivity index (χ1v) is 5.07. The quantitative estimate of drug-likeness (QED) is 0.431. The Hall–Kier alpha value is 2.16. The Kier molecular flexibility index (Phi) is 7.49. The summed E-state index contributed by atoms with van der Waals surface area (Å²) in [5.41, 5.74) is 0. The average Bonchev–Trinajstić information content (AvgIpc) is 0.722. The minimum atomic E-state index is -7.18. The second-order valence-electron chi connectivity index (χ2n) is 0.429. The molecule has 6 heavy (non-hydrogen) atoms. The van der Waals surface area contributed by atoms with Crippen LogP contribution in [0.5, 0.6) is 0 Å². The van der Waals surface area contributed by atoms with Crippen molar-refractivity contribution in [3.63, 3.8) is 0 Å². The van der Waals surface area contributed by atoms with Crippen LogP contribution >= 0.6 is 0 Å². The van der Waals surface area contributed by atoms with E-state index in [0.29, 0.717) is 0 Å². The summed E-state index contributed by atoms with van der Waals surface area (Å²) in [5, 5.41) is 0. The van der Waals surface area contributed by atoms with Gasteiger partial charge in [-0.25, -0.2) is 0 Å². The average molecular weight is 234 g/mol. The van der Waals surface area contributed by atoms with Crippen LogP contribution in [0.1, 0.15) is 0 Å². The van der Waals surface area contributed by atoms with Crippen LogP contribution in [0.2, 0.25) is 0 Å². The van der Waals surface area contributed by atoms with E-state index >= 15 is 0 Å². The van der Waals surface area contributed by atoms with E-state index in [9.17, 15) is 11.5 Å². The van der Waals surface area contributed by atoms with E-state index in [2.05, 4.69) is 0 Å². The van der Waals surface area contributed by atoms with Crippen LogP contribution < -0.4 is 0 Å². The predicted molar refractivity (Wildman–Crippen MR) is 15.9 cm³/mol. The van der Waals surface area contributed by atoms with Crippen LogP contribution in [0.4, 0.5) is 11.5 Å². The number of hydrogen-bond acceptors (Lipinski definition) is 0. The summed E-state index contributed by atoms with van der Waals surface area (Å²) in [6.07, 6.45) is 0. The molecule has 0 aliphatic rings. The van der Waals surface area contributed by atoms with Crippen LogP contribution in [0.25, 0.3) is 0 Å². The van der Waals surface area contributed by atoms with Crippen molar-refractivity contribution in [1.82, 2.24) is 0 Å². The Morgan fingerprint density at radius 1 is 0.833 bits per heavy atom. The minimum absolute atomic E-state index is 0. The van der Waals surface area contributed by atoms with Crippen LogP contribution in [0.15, 0.2) is 0 Å². The molecule has 0 saturated carbocycles. The van der Waals surface area contributed by atoms with Gasteiger partial charge in [0.15, 0.2) is 0 Å². The third kappa shape index (κ3) is 35.2. The van der Waals surface area contributed by atoms with Gasteiger partial charge in [0, 0.05) is 51.4 Å². The summed E-state index contributed by atoms with van der Waals surface area (Å²) in [4.78, 5) is 0. The SMILES string of the molecule is [F][Sn]([F])([F])[F].[K]. The number of rotatable bonds is 0. The maximum absolute atomic E-state index is 9.90. The van der Waals surface area contributed by atoms with Gasteiger partial charge < -0.3 is 0 Å². The van der Waals surface area contributed by atoms with Crippen LogP contribution in [-0.2, 0) is 0 Å².